The smallest absolute Gasteiger partial charge is 0.332 e. The summed E-state index contributed by atoms with van der Waals surface area (Å²) in [5, 5.41) is 17.5. The molecule has 1 aliphatic carbocycles. The number of carbonyl (C=O) groups is 4. The first-order valence-corrected chi connectivity index (χ1v) is 10.6. The van der Waals surface area contributed by atoms with Crippen molar-refractivity contribution in [3.63, 3.8) is 0 Å². The summed E-state index contributed by atoms with van der Waals surface area (Å²) in [6, 6.07) is 0. The standard InChI is InChI=1S/C21H35N3O5/c1-4-10-22-19(26)15(5-2)13-14(3)18(25)23-11-12-24-20(27)16-8-6-7-9-17(16)21(28)29/h14-15H,4-13H2,1-3H3,(H,22,26)(H,23,25)(H,24,27)(H,28,29). The molecule has 0 radical (unpaired) electrons. The number of carboxylic acids is 1. The maximum Gasteiger partial charge on any atom is 0.332 e. The number of nitrogens with one attached hydrogen (secondary N) is 3. The second kappa shape index (κ2) is 13.0. The normalized spacial score (nSPS) is 16.0. The molecule has 8 heteroatoms. The Bertz CT molecular complexity index is 630. The molecule has 4 N–H and O–H groups in total. The lowest BCUT2D eigenvalue weighted by Gasteiger charge is -2.19. The molecule has 0 heterocycles. The van der Waals surface area contributed by atoms with Crippen LogP contribution in [0.15, 0.2) is 11.1 Å². The maximum atomic E-state index is 12.3. The van der Waals surface area contributed by atoms with Crippen LogP contribution in [0.2, 0.25) is 0 Å². The molecule has 1 rings (SSSR count). The van der Waals surface area contributed by atoms with Gasteiger partial charge in [-0.15, -0.1) is 0 Å². The van der Waals surface area contributed by atoms with Gasteiger partial charge in [0, 0.05) is 42.6 Å². The molecule has 0 aliphatic heterocycles. The molecule has 3 amide bonds. The van der Waals surface area contributed by atoms with Gasteiger partial charge in [-0.2, -0.15) is 0 Å². The third kappa shape index (κ3) is 8.25. The van der Waals surface area contributed by atoms with Crippen molar-refractivity contribution in [3.8, 4) is 0 Å². The molecule has 2 atom stereocenters. The minimum atomic E-state index is -1.04. The summed E-state index contributed by atoms with van der Waals surface area (Å²) < 4.78 is 0. The Morgan fingerprint density at radius 3 is 2.07 bits per heavy atom. The lowest BCUT2D eigenvalue weighted by Crippen LogP contribution is -2.39. The molecule has 29 heavy (non-hydrogen) atoms. The monoisotopic (exact) mass is 409 g/mol. The van der Waals surface area contributed by atoms with Crippen LogP contribution >= 0.6 is 0 Å². The fourth-order valence-electron chi connectivity index (χ4n) is 3.42. The number of aliphatic carboxylic acids is 1. The SMILES string of the molecule is CCCNC(=O)C(CC)CC(C)C(=O)NCCNC(=O)C1=C(C(=O)O)CCCC1. The highest BCUT2D eigenvalue weighted by Crippen LogP contribution is 2.25. The van der Waals surface area contributed by atoms with E-state index in [1.165, 1.54) is 0 Å². The summed E-state index contributed by atoms with van der Waals surface area (Å²) in [6.45, 7) is 6.82. The molecule has 2 unspecified atom stereocenters. The van der Waals surface area contributed by atoms with E-state index >= 15 is 0 Å². The Morgan fingerprint density at radius 2 is 1.48 bits per heavy atom. The Labute approximate surface area is 172 Å². The van der Waals surface area contributed by atoms with E-state index in [1.54, 1.807) is 6.92 Å². The van der Waals surface area contributed by atoms with Crippen molar-refractivity contribution in [2.45, 2.75) is 65.7 Å². The highest BCUT2D eigenvalue weighted by molar-refractivity contribution is 6.02. The van der Waals surface area contributed by atoms with Crippen molar-refractivity contribution in [3.05, 3.63) is 11.1 Å². The van der Waals surface area contributed by atoms with Crippen molar-refractivity contribution in [1.82, 2.24) is 16.0 Å². The van der Waals surface area contributed by atoms with Gasteiger partial charge in [-0.05, 0) is 44.9 Å². The molecule has 0 bridgehead atoms. The van der Waals surface area contributed by atoms with Crippen LogP contribution in [-0.4, -0.2) is 48.4 Å². The highest BCUT2D eigenvalue weighted by atomic mass is 16.4. The summed E-state index contributed by atoms with van der Waals surface area (Å²) in [6.07, 6.45) is 4.48. The van der Waals surface area contributed by atoms with Crippen LogP contribution in [0, 0.1) is 11.8 Å². The quantitative estimate of drug-likeness (QED) is 0.366. The first kappa shape index (κ1) is 24.7. The Balaban J connectivity index is 2.41. The molecule has 0 spiro atoms. The second-order valence-electron chi connectivity index (χ2n) is 7.55. The molecular weight excluding hydrogens is 374 g/mol. The third-order valence-electron chi connectivity index (χ3n) is 5.21. The zero-order valence-electron chi connectivity index (χ0n) is 17.8. The fraction of sp³-hybridized carbons (Fsp3) is 0.714. The minimum Gasteiger partial charge on any atom is -0.478 e. The first-order valence-electron chi connectivity index (χ1n) is 10.6. The largest absolute Gasteiger partial charge is 0.478 e. The lowest BCUT2D eigenvalue weighted by molar-refractivity contribution is -0.133. The first-order chi connectivity index (χ1) is 13.8. The van der Waals surface area contributed by atoms with E-state index in [1.807, 2.05) is 13.8 Å². The number of carboxylic acid groups (broad SMARTS) is 1. The predicted molar refractivity (Wildman–Crippen MR) is 110 cm³/mol. The van der Waals surface area contributed by atoms with Gasteiger partial charge in [0.25, 0.3) is 0 Å². The lowest BCUT2D eigenvalue weighted by atomic mass is 9.91. The zero-order chi connectivity index (χ0) is 21.8. The topological polar surface area (TPSA) is 125 Å². The van der Waals surface area contributed by atoms with E-state index in [2.05, 4.69) is 16.0 Å². The van der Waals surface area contributed by atoms with Crippen molar-refractivity contribution >= 4 is 23.7 Å². The van der Waals surface area contributed by atoms with Gasteiger partial charge in [-0.3, -0.25) is 14.4 Å². The highest BCUT2D eigenvalue weighted by Gasteiger charge is 2.24. The number of amides is 3. The van der Waals surface area contributed by atoms with Crippen LogP contribution in [0.1, 0.15) is 65.7 Å². The number of hydrogen-bond acceptors (Lipinski definition) is 4. The summed E-state index contributed by atoms with van der Waals surface area (Å²) in [4.78, 5) is 47.9. The summed E-state index contributed by atoms with van der Waals surface area (Å²) in [5.74, 6) is -2.11. The van der Waals surface area contributed by atoms with Gasteiger partial charge in [0.15, 0.2) is 0 Å². The van der Waals surface area contributed by atoms with Gasteiger partial charge in [-0.25, -0.2) is 4.79 Å². The predicted octanol–water partition coefficient (Wildman–Crippen LogP) is 1.75. The second-order valence-corrected chi connectivity index (χ2v) is 7.55. The molecule has 1 aliphatic rings. The number of rotatable bonds is 12. The van der Waals surface area contributed by atoms with Crippen molar-refractivity contribution in [2.75, 3.05) is 19.6 Å². The van der Waals surface area contributed by atoms with Crippen LogP contribution in [0.25, 0.3) is 0 Å². The van der Waals surface area contributed by atoms with Gasteiger partial charge in [0.2, 0.25) is 17.7 Å². The van der Waals surface area contributed by atoms with Gasteiger partial charge in [-0.1, -0.05) is 20.8 Å². The molecule has 0 saturated carbocycles. The Hall–Kier alpha value is -2.38. The van der Waals surface area contributed by atoms with Gasteiger partial charge in [0.05, 0.1) is 0 Å². The molecular formula is C21H35N3O5. The van der Waals surface area contributed by atoms with Crippen LogP contribution in [0.4, 0.5) is 0 Å². The maximum absolute atomic E-state index is 12.3. The van der Waals surface area contributed by atoms with E-state index in [0.29, 0.717) is 37.8 Å². The summed E-state index contributed by atoms with van der Waals surface area (Å²) >= 11 is 0. The van der Waals surface area contributed by atoms with Gasteiger partial charge >= 0.3 is 5.97 Å². The van der Waals surface area contributed by atoms with E-state index in [0.717, 1.165) is 19.3 Å². The average Bonchev–Trinajstić information content (AvgIpc) is 2.72. The molecule has 164 valence electrons. The van der Waals surface area contributed by atoms with Crippen molar-refractivity contribution < 1.29 is 24.3 Å². The summed E-state index contributed by atoms with van der Waals surface area (Å²) in [5.41, 5.74) is 0.533. The number of carbonyl (C=O) groups excluding carboxylic acids is 3. The molecule has 0 aromatic carbocycles. The third-order valence-corrected chi connectivity index (χ3v) is 5.21. The molecule has 0 fully saturated rings. The fourth-order valence-corrected chi connectivity index (χ4v) is 3.42. The Morgan fingerprint density at radius 1 is 0.897 bits per heavy atom. The average molecular weight is 410 g/mol. The van der Waals surface area contributed by atoms with Crippen LogP contribution < -0.4 is 16.0 Å². The molecule has 0 saturated heterocycles. The molecule has 0 aromatic rings. The van der Waals surface area contributed by atoms with Gasteiger partial charge in [0.1, 0.15) is 0 Å². The van der Waals surface area contributed by atoms with E-state index in [-0.39, 0.29) is 48.2 Å². The number of hydrogen-bond donors (Lipinski definition) is 4. The zero-order valence-corrected chi connectivity index (χ0v) is 17.8. The van der Waals surface area contributed by atoms with Crippen molar-refractivity contribution in [1.29, 1.82) is 0 Å². The van der Waals surface area contributed by atoms with Gasteiger partial charge < -0.3 is 21.1 Å². The van der Waals surface area contributed by atoms with E-state index < -0.39 is 5.97 Å². The van der Waals surface area contributed by atoms with Crippen molar-refractivity contribution in [2.24, 2.45) is 11.8 Å². The minimum absolute atomic E-state index is 0.0174. The molecule has 8 nitrogen and oxygen atoms in total. The molecule has 0 aromatic heterocycles. The van der Waals surface area contributed by atoms with Crippen LogP contribution in [-0.2, 0) is 19.2 Å². The summed E-state index contributed by atoms with van der Waals surface area (Å²) in [7, 11) is 0. The van der Waals surface area contributed by atoms with E-state index in [9.17, 15) is 24.3 Å². The van der Waals surface area contributed by atoms with Crippen LogP contribution in [0.5, 0.6) is 0 Å². The van der Waals surface area contributed by atoms with Crippen LogP contribution in [0.3, 0.4) is 0 Å². The van der Waals surface area contributed by atoms with E-state index in [4.69, 9.17) is 0 Å². The Kier molecular flexibility index (Phi) is 11.0.